The number of nitrogens with zero attached hydrogens (tertiary/aromatic N) is 2. The normalized spacial score (nSPS) is 15.4. The fourth-order valence-electron chi connectivity index (χ4n) is 3.90. The van der Waals surface area contributed by atoms with Crippen LogP contribution in [0.15, 0.2) is 106 Å². The monoisotopic (exact) mass is 750 g/mol. The Morgan fingerprint density at radius 3 is 2.24 bits per heavy atom. The van der Waals surface area contributed by atoms with Gasteiger partial charge in [0.2, 0.25) is 0 Å². The van der Waals surface area contributed by atoms with Crippen LogP contribution in [0.3, 0.4) is 0 Å². The zero-order chi connectivity index (χ0) is 29.9. The van der Waals surface area contributed by atoms with Gasteiger partial charge in [-0.1, -0.05) is 41.4 Å². The minimum Gasteiger partial charge on any atom is -0.490 e. The lowest BCUT2D eigenvalue weighted by atomic mass is 10.2. The number of aliphatic imine (C=N–C) groups is 1. The quantitative estimate of drug-likeness (QED) is 0.102. The van der Waals surface area contributed by atoms with Gasteiger partial charge in [-0.3, -0.25) is 9.69 Å². The van der Waals surface area contributed by atoms with Gasteiger partial charge in [0, 0.05) is 10.0 Å². The Bertz CT molecular complexity index is 1800. The van der Waals surface area contributed by atoms with Crippen molar-refractivity contribution in [1.29, 1.82) is 0 Å². The summed E-state index contributed by atoms with van der Waals surface area (Å²) in [4.78, 5) is 20.4. The van der Waals surface area contributed by atoms with Crippen LogP contribution in [0.25, 0.3) is 6.08 Å². The second-order valence-corrected chi connectivity index (χ2v) is 13.3. The number of amidine groups is 1. The highest BCUT2D eigenvalue weighted by Crippen LogP contribution is 2.40. The summed E-state index contributed by atoms with van der Waals surface area (Å²) in [5, 5.41) is 1.57. The molecule has 1 amide bonds. The van der Waals surface area contributed by atoms with Crippen molar-refractivity contribution in [1.82, 2.24) is 0 Å². The van der Waals surface area contributed by atoms with Gasteiger partial charge in [0.15, 0.2) is 16.7 Å². The Morgan fingerprint density at radius 1 is 0.952 bits per heavy atom. The third-order valence-electron chi connectivity index (χ3n) is 5.80. The molecule has 0 bridgehead atoms. The number of hydrogen-bond donors (Lipinski definition) is 0. The van der Waals surface area contributed by atoms with E-state index in [0.717, 1.165) is 0 Å². The fourth-order valence-corrected chi connectivity index (χ4v) is 7.02. The van der Waals surface area contributed by atoms with Crippen LogP contribution in [0.4, 0.5) is 11.4 Å². The van der Waals surface area contributed by atoms with Crippen LogP contribution in [0, 0.1) is 3.57 Å². The zero-order valence-corrected chi connectivity index (χ0v) is 27.1. The van der Waals surface area contributed by atoms with Crippen molar-refractivity contribution in [2.75, 3.05) is 11.5 Å². The van der Waals surface area contributed by atoms with Gasteiger partial charge in [-0.05, 0) is 126 Å². The lowest BCUT2D eigenvalue weighted by Gasteiger charge is -2.16. The molecule has 0 aliphatic carbocycles. The molecular formula is C30H21Cl2IN2O5S2. The Kier molecular flexibility index (Phi) is 9.48. The van der Waals surface area contributed by atoms with Gasteiger partial charge in [0.25, 0.3) is 5.91 Å². The Labute approximate surface area is 271 Å². The SMILES string of the molecule is CCOc1cc(/C=C2\SC(=Nc3ccc(Cl)cc3)N(c3ccc(Cl)cc3)C2=O)cc(I)c1OS(=O)(=O)c1ccccc1. The molecule has 0 saturated carbocycles. The lowest BCUT2D eigenvalue weighted by Crippen LogP contribution is -2.28. The first-order valence-corrected chi connectivity index (χ1v) is 16.5. The summed E-state index contributed by atoms with van der Waals surface area (Å²) >= 11 is 15.3. The van der Waals surface area contributed by atoms with Crippen LogP contribution in [0.1, 0.15) is 12.5 Å². The Balaban J connectivity index is 1.53. The molecule has 5 rings (SSSR count). The van der Waals surface area contributed by atoms with Crippen LogP contribution in [0.2, 0.25) is 10.0 Å². The first-order chi connectivity index (χ1) is 20.1. The van der Waals surface area contributed by atoms with Crippen LogP contribution in [0.5, 0.6) is 11.5 Å². The highest BCUT2D eigenvalue weighted by molar-refractivity contribution is 14.1. The summed E-state index contributed by atoms with van der Waals surface area (Å²) in [5.74, 6) is 0.0208. The van der Waals surface area contributed by atoms with Crippen LogP contribution in [-0.2, 0) is 14.9 Å². The molecular weight excluding hydrogens is 730 g/mol. The average Bonchev–Trinajstić information content (AvgIpc) is 3.27. The molecule has 7 nitrogen and oxygen atoms in total. The highest BCUT2D eigenvalue weighted by atomic mass is 127. The van der Waals surface area contributed by atoms with Crippen molar-refractivity contribution in [2.45, 2.75) is 11.8 Å². The number of carbonyl (C=O) groups excluding carboxylic acids is 1. The molecule has 12 heteroatoms. The van der Waals surface area contributed by atoms with Gasteiger partial charge in [0.1, 0.15) is 4.90 Å². The number of anilines is 1. The first kappa shape index (κ1) is 30.4. The van der Waals surface area contributed by atoms with Crippen LogP contribution in [-0.4, -0.2) is 26.1 Å². The standard InChI is InChI=1S/C30H21Cl2IN2O5S2/c1-2-39-26-17-19(16-25(33)28(26)40-42(37,38)24-6-4-3-5-7-24)18-27-29(36)35(23-14-10-21(32)11-15-23)30(41-27)34-22-12-8-20(31)9-13-22/h3-18H,2H2,1H3/b27-18-,34-30?. The van der Waals surface area contributed by atoms with E-state index in [1.807, 2.05) is 22.6 Å². The highest BCUT2D eigenvalue weighted by Gasteiger charge is 2.35. The molecule has 1 aliphatic rings. The summed E-state index contributed by atoms with van der Waals surface area (Å²) in [7, 11) is -4.10. The number of rotatable bonds is 8. The van der Waals surface area contributed by atoms with E-state index in [9.17, 15) is 13.2 Å². The minimum atomic E-state index is -4.10. The summed E-state index contributed by atoms with van der Waals surface area (Å²) in [5.41, 5.74) is 1.85. The smallest absolute Gasteiger partial charge is 0.339 e. The second kappa shape index (κ2) is 13.1. The van der Waals surface area contributed by atoms with Gasteiger partial charge in [-0.25, -0.2) is 4.99 Å². The number of hydrogen-bond acceptors (Lipinski definition) is 7. The summed E-state index contributed by atoms with van der Waals surface area (Å²) in [6.07, 6.45) is 1.71. The molecule has 4 aromatic rings. The average molecular weight is 751 g/mol. The molecule has 1 saturated heterocycles. The van der Waals surface area contributed by atoms with E-state index in [0.29, 0.717) is 40.6 Å². The van der Waals surface area contributed by atoms with Gasteiger partial charge in [-0.2, -0.15) is 8.42 Å². The molecule has 4 aromatic carbocycles. The summed E-state index contributed by atoms with van der Waals surface area (Å²) in [6, 6.07) is 25.1. The molecule has 214 valence electrons. The van der Waals surface area contributed by atoms with Gasteiger partial charge >= 0.3 is 10.1 Å². The Hall–Kier alpha value is -3.03. The number of benzene rings is 4. The Morgan fingerprint density at radius 2 is 1.60 bits per heavy atom. The predicted octanol–water partition coefficient (Wildman–Crippen LogP) is 8.57. The number of ether oxygens (including phenoxy) is 1. The minimum absolute atomic E-state index is 0.0252. The number of carbonyl (C=O) groups is 1. The summed E-state index contributed by atoms with van der Waals surface area (Å²) < 4.78 is 37.7. The third kappa shape index (κ3) is 6.95. The van der Waals surface area contributed by atoms with E-state index < -0.39 is 10.1 Å². The first-order valence-electron chi connectivity index (χ1n) is 12.4. The van der Waals surface area contributed by atoms with E-state index in [4.69, 9.17) is 37.1 Å². The van der Waals surface area contributed by atoms with Crippen molar-refractivity contribution in [3.63, 3.8) is 0 Å². The topological polar surface area (TPSA) is 85.3 Å². The van der Waals surface area contributed by atoms with Gasteiger partial charge in [-0.15, -0.1) is 0 Å². The number of thioether (sulfide) groups is 1. The molecule has 42 heavy (non-hydrogen) atoms. The lowest BCUT2D eigenvalue weighted by molar-refractivity contribution is -0.113. The number of halogens is 3. The molecule has 0 aromatic heterocycles. The summed E-state index contributed by atoms with van der Waals surface area (Å²) in [6.45, 7) is 2.06. The van der Waals surface area contributed by atoms with Gasteiger partial charge < -0.3 is 8.92 Å². The van der Waals surface area contributed by atoms with Crippen molar-refractivity contribution >= 4 is 96.2 Å². The molecule has 0 spiro atoms. The van der Waals surface area contributed by atoms with Crippen molar-refractivity contribution in [3.05, 3.63) is 115 Å². The molecule has 1 fully saturated rings. The maximum atomic E-state index is 13.7. The molecule has 1 aliphatic heterocycles. The molecule has 0 unspecified atom stereocenters. The largest absolute Gasteiger partial charge is 0.490 e. The van der Waals surface area contributed by atoms with Crippen molar-refractivity contribution < 1.29 is 22.1 Å². The van der Waals surface area contributed by atoms with E-state index in [2.05, 4.69) is 0 Å². The van der Waals surface area contributed by atoms with E-state index in [1.165, 1.54) is 28.8 Å². The predicted molar refractivity (Wildman–Crippen MR) is 178 cm³/mol. The second-order valence-electron chi connectivity index (χ2n) is 8.71. The fraction of sp³-hybridized carbons (Fsp3) is 0.0667. The maximum absolute atomic E-state index is 13.7. The van der Waals surface area contributed by atoms with Crippen molar-refractivity contribution in [2.24, 2.45) is 4.99 Å². The molecule has 0 atom stereocenters. The molecule has 0 radical (unpaired) electrons. The molecule has 1 heterocycles. The maximum Gasteiger partial charge on any atom is 0.339 e. The van der Waals surface area contributed by atoms with Crippen molar-refractivity contribution in [3.8, 4) is 11.5 Å². The van der Waals surface area contributed by atoms with Crippen LogP contribution < -0.4 is 13.8 Å². The van der Waals surface area contributed by atoms with E-state index in [1.54, 1.807) is 91.9 Å². The molecule has 0 N–H and O–H groups in total. The van der Waals surface area contributed by atoms with E-state index >= 15 is 0 Å². The third-order valence-corrected chi connectivity index (χ3v) is 9.31. The van der Waals surface area contributed by atoms with E-state index in [-0.39, 0.29) is 28.9 Å². The number of amides is 1. The van der Waals surface area contributed by atoms with Crippen LogP contribution >= 0.6 is 57.6 Å². The van der Waals surface area contributed by atoms with Gasteiger partial charge in [0.05, 0.1) is 26.5 Å². The zero-order valence-electron chi connectivity index (χ0n) is 21.8.